The molecule has 0 radical (unpaired) electrons. The van der Waals surface area contributed by atoms with Crippen LogP contribution >= 0.6 is 0 Å². The number of hydrogen-bond donors (Lipinski definition) is 0. The summed E-state index contributed by atoms with van der Waals surface area (Å²) in [7, 11) is 0. The van der Waals surface area contributed by atoms with Gasteiger partial charge in [0.25, 0.3) is 5.43 Å². The number of aryl methyl sites for hydroxylation is 1. The minimum atomic E-state index is -0.610. The molecule has 1 saturated carbocycles. The first-order chi connectivity index (χ1) is 9.06. The Morgan fingerprint density at radius 2 is 2.26 bits per heavy atom. The first-order valence-corrected chi connectivity index (χ1v) is 6.90. The van der Waals surface area contributed by atoms with E-state index in [4.69, 9.17) is 0 Å². The summed E-state index contributed by atoms with van der Waals surface area (Å²) in [5.74, 6) is 1.50. The van der Waals surface area contributed by atoms with Gasteiger partial charge in [0.2, 0.25) is 0 Å². The molecule has 5 nitrogen and oxygen atoms in total. The highest BCUT2D eigenvalue weighted by Gasteiger charge is 2.19. The molecule has 2 unspecified atom stereocenters. The van der Waals surface area contributed by atoms with Crippen molar-refractivity contribution in [3.05, 3.63) is 38.8 Å². The third-order valence-corrected chi connectivity index (χ3v) is 4.00. The topological polar surface area (TPSA) is 65.1 Å². The van der Waals surface area contributed by atoms with Gasteiger partial charge in [0, 0.05) is 18.8 Å². The molecule has 2 atom stereocenters. The lowest BCUT2D eigenvalue weighted by Gasteiger charge is -2.26. The molecule has 1 fully saturated rings. The Bertz CT molecular complexity index is 510. The second-order valence-corrected chi connectivity index (χ2v) is 5.62. The first kappa shape index (κ1) is 13.8. The predicted octanol–water partition coefficient (Wildman–Crippen LogP) is 2.97. The zero-order chi connectivity index (χ0) is 13.8. The van der Waals surface area contributed by atoms with E-state index in [1.54, 1.807) is 10.8 Å². The lowest BCUT2D eigenvalue weighted by Crippen LogP contribution is -2.16. The van der Waals surface area contributed by atoms with E-state index in [9.17, 15) is 14.9 Å². The summed E-state index contributed by atoms with van der Waals surface area (Å²) < 4.78 is 1.76. The van der Waals surface area contributed by atoms with Crippen LogP contribution in [0.3, 0.4) is 0 Å². The fraction of sp³-hybridized carbons (Fsp3) is 0.643. The number of aromatic nitrogens is 1. The van der Waals surface area contributed by atoms with Crippen molar-refractivity contribution in [2.24, 2.45) is 11.8 Å². The molecule has 104 valence electrons. The smallest absolute Gasteiger partial charge is 0.332 e. The van der Waals surface area contributed by atoms with Crippen LogP contribution in [0.1, 0.15) is 39.0 Å². The number of rotatable bonds is 4. The van der Waals surface area contributed by atoms with Crippen LogP contribution in [-0.2, 0) is 6.54 Å². The van der Waals surface area contributed by atoms with Gasteiger partial charge in [-0.1, -0.05) is 26.2 Å². The van der Waals surface area contributed by atoms with Crippen molar-refractivity contribution >= 4 is 5.69 Å². The van der Waals surface area contributed by atoms with Crippen molar-refractivity contribution in [3.8, 4) is 0 Å². The number of nitro groups is 1. The van der Waals surface area contributed by atoms with E-state index < -0.39 is 10.4 Å². The van der Waals surface area contributed by atoms with Gasteiger partial charge < -0.3 is 4.57 Å². The quantitative estimate of drug-likeness (QED) is 0.620. The highest BCUT2D eigenvalue weighted by Crippen LogP contribution is 2.30. The van der Waals surface area contributed by atoms with Crippen molar-refractivity contribution in [1.29, 1.82) is 0 Å². The van der Waals surface area contributed by atoms with E-state index in [0.29, 0.717) is 5.92 Å². The second kappa shape index (κ2) is 5.99. The molecule has 0 spiro atoms. The van der Waals surface area contributed by atoms with Gasteiger partial charge in [-0.25, -0.2) is 0 Å². The van der Waals surface area contributed by atoms with Crippen LogP contribution in [0.2, 0.25) is 0 Å². The van der Waals surface area contributed by atoms with Crippen LogP contribution in [0, 0.1) is 22.0 Å². The van der Waals surface area contributed by atoms with Gasteiger partial charge in [-0.05, 0) is 24.7 Å². The van der Waals surface area contributed by atoms with Crippen LogP contribution in [0.4, 0.5) is 5.69 Å². The molecule has 0 amide bonds. The predicted molar refractivity (Wildman–Crippen MR) is 73.1 cm³/mol. The number of pyridine rings is 1. The van der Waals surface area contributed by atoms with Gasteiger partial charge in [-0.2, -0.15) is 0 Å². The van der Waals surface area contributed by atoms with Crippen molar-refractivity contribution < 1.29 is 4.92 Å². The standard InChI is InChI=1S/C14H20N2O3/c1-11-3-2-4-12(9-11)5-7-15-8-6-14(17)13(10-15)16(18)19/h6,8,10-12H,2-5,7,9H2,1H3. The molecule has 1 aliphatic rings. The normalized spacial score (nSPS) is 23.2. The fourth-order valence-corrected chi connectivity index (χ4v) is 2.94. The second-order valence-electron chi connectivity index (χ2n) is 5.62. The molecule has 2 rings (SSSR count). The summed E-state index contributed by atoms with van der Waals surface area (Å²) in [4.78, 5) is 21.4. The van der Waals surface area contributed by atoms with Gasteiger partial charge >= 0.3 is 5.69 Å². The summed E-state index contributed by atoms with van der Waals surface area (Å²) in [6, 6.07) is 1.28. The Balaban J connectivity index is 1.98. The third-order valence-electron chi connectivity index (χ3n) is 4.00. The largest absolute Gasteiger partial charge is 0.348 e. The maximum Gasteiger partial charge on any atom is 0.332 e. The lowest BCUT2D eigenvalue weighted by molar-refractivity contribution is -0.386. The maximum absolute atomic E-state index is 11.3. The molecule has 0 N–H and O–H groups in total. The first-order valence-electron chi connectivity index (χ1n) is 6.90. The molecule has 5 heteroatoms. The van der Waals surface area contributed by atoms with Crippen LogP contribution in [0.15, 0.2) is 23.3 Å². The Morgan fingerprint density at radius 3 is 2.95 bits per heavy atom. The van der Waals surface area contributed by atoms with E-state index in [-0.39, 0.29) is 5.69 Å². The minimum absolute atomic E-state index is 0.334. The van der Waals surface area contributed by atoms with Crippen molar-refractivity contribution in [3.63, 3.8) is 0 Å². The average Bonchev–Trinajstić information content (AvgIpc) is 2.37. The molecule has 0 aromatic carbocycles. The number of hydrogen-bond acceptors (Lipinski definition) is 3. The molecule has 1 heterocycles. The summed E-state index contributed by atoms with van der Waals surface area (Å²) in [6.07, 6.45) is 9.14. The van der Waals surface area contributed by atoms with E-state index in [1.165, 1.54) is 37.9 Å². The van der Waals surface area contributed by atoms with E-state index >= 15 is 0 Å². The van der Waals surface area contributed by atoms with E-state index in [0.717, 1.165) is 18.9 Å². The van der Waals surface area contributed by atoms with E-state index in [1.807, 2.05) is 0 Å². The Morgan fingerprint density at radius 1 is 1.47 bits per heavy atom. The van der Waals surface area contributed by atoms with Gasteiger partial charge in [0.1, 0.15) is 0 Å². The molecule has 0 aliphatic heterocycles. The van der Waals surface area contributed by atoms with Crippen LogP contribution in [0.25, 0.3) is 0 Å². The van der Waals surface area contributed by atoms with Crippen LogP contribution in [-0.4, -0.2) is 9.49 Å². The highest BCUT2D eigenvalue weighted by molar-refractivity contribution is 5.25. The van der Waals surface area contributed by atoms with Gasteiger partial charge in [0.05, 0.1) is 11.1 Å². The molecular weight excluding hydrogens is 244 g/mol. The van der Waals surface area contributed by atoms with E-state index in [2.05, 4.69) is 6.92 Å². The average molecular weight is 264 g/mol. The van der Waals surface area contributed by atoms with Gasteiger partial charge in [-0.15, -0.1) is 0 Å². The van der Waals surface area contributed by atoms with Crippen molar-refractivity contribution in [2.45, 2.75) is 45.6 Å². The lowest BCUT2D eigenvalue weighted by atomic mass is 9.81. The highest BCUT2D eigenvalue weighted by atomic mass is 16.6. The molecule has 19 heavy (non-hydrogen) atoms. The molecule has 0 saturated heterocycles. The third kappa shape index (κ3) is 3.66. The van der Waals surface area contributed by atoms with Crippen LogP contribution < -0.4 is 5.43 Å². The minimum Gasteiger partial charge on any atom is -0.348 e. The molecule has 1 aliphatic carbocycles. The zero-order valence-electron chi connectivity index (χ0n) is 11.2. The molecule has 0 bridgehead atoms. The van der Waals surface area contributed by atoms with Crippen molar-refractivity contribution in [1.82, 2.24) is 4.57 Å². The Labute approximate surface area is 112 Å². The monoisotopic (exact) mass is 264 g/mol. The number of nitrogens with zero attached hydrogens (tertiary/aromatic N) is 2. The SMILES string of the molecule is CC1CCCC(CCn2ccc(=O)c([N+](=O)[O-])c2)C1. The fourth-order valence-electron chi connectivity index (χ4n) is 2.94. The molecule has 1 aromatic heterocycles. The summed E-state index contributed by atoms with van der Waals surface area (Å²) in [5.41, 5.74) is -0.855. The maximum atomic E-state index is 11.3. The van der Waals surface area contributed by atoms with Crippen molar-refractivity contribution in [2.75, 3.05) is 0 Å². The van der Waals surface area contributed by atoms with Gasteiger partial charge in [0.15, 0.2) is 0 Å². The Hall–Kier alpha value is -1.65. The molecule has 1 aromatic rings. The van der Waals surface area contributed by atoms with Gasteiger partial charge in [-0.3, -0.25) is 14.9 Å². The Kier molecular flexibility index (Phi) is 4.35. The van der Waals surface area contributed by atoms with Crippen LogP contribution in [0.5, 0.6) is 0 Å². The summed E-state index contributed by atoms with van der Waals surface area (Å²) in [6.45, 7) is 3.04. The summed E-state index contributed by atoms with van der Waals surface area (Å²) >= 11 is 0. The summed E-state index contributed by atoms with van der Waals surface area (Å²) in [5, 5.41) is 10.7. The molecular formula is C14H20N2O3. The zero-order valence-corrected chi connectivity index (χ0v) is 11.2.